The Kier molecular flexibility index (Phi) is 4.82. The molecule has 7 rings (SSSR count). The summed E-state index contributed by atoms with van der Waals surface area (Å²) in [6.07, 6.45) is 1.78. The first-order valence-corrected chi connectivity index (χ1v) is 12.0. The number of benzene rings is 4. The van der Waals surface area contributed by atoms with E-state index in [9.17, 15) is 4.79 Å². The summed E-state index contributed by atoms with van der Waals surface area (Å²) in [6, 6.07) is 35.1. The van der Waals surface area contributed by atoms with Gasteiger partial charge in [-0.05, 0) is 29.7 Å². The van der Waals surface area contributed by atoms with Crippen LogP contribution in [0, 0.1) is 0 Å². The number of pyridine rings is 1. The molecular formula is C31H19N5O. The Balaban J connectivity index is 1.45. The number of fused-ring (bicyclic) bond motifs is 4. The second-order valence-corrected chi connectivity index (χ2v) is 8.78. The molecule has 3 heterocycles. The number of nitrogens with zero attached hydrogens (tertiary/aromatic N) is 5. The van der Waals surface area contributed by atoms with Gasteiger partial charge in [-0.2, -0.15) is 0 Å². The van der Waals surface area contributed by atoms with Gasteiger partial charge in [-0.3, -0.25) is 9.20 Å². The smallest absolute Gasteiger partial charge is 0.265 e. The molecule has 0 spiro atoms. The Morgan fingerprint density at radius 2 is 1.11 bits per heavy atom. The van der Waals surface area contributed by atoms with E-state index in [1.807, 2.05) is 109 Å². The molecule has 0 atom stereocenters. The van der Waals surface area contributed by atoms with Crippen molar-refractivity contribution < 1.29 is 0 Å². The first-order valence-electron chi connectivity index (χ1n) is 12.0. The fraction of sp³-hybridized carbons (Fsp3) is 0. The van der Waals surface area contributed by atoms with Crippen molar-refractivity contribution in [3.05, 3.63) is 126 Å². The number of aromatic nitrogens is 5. The monoisotopic (exact) mass is 477 g/mol. The van der Waals surface area contributed by atoms with Gasteiger partial charge in [-0.15, -0.1) is 0 Å². The summed E-state index contributed by atoms with van der Waals surface area (Å²) in [4.78, 5) is 32.7. The van der Waals surface area contributed by atoms with E-state index in [1.165, 1.54) is 0 Å². The minimum atomic E-state index is -0.131. The highest BCUT2D eigenvalue weighted by molar-refractivity contribution is 5.96. The Hall–Kier alpha value is -5.23. The van der Waals surface area contributed by atoms with E-state index in [0.29, 0.717) is 34.0 Å². The zero-order valence-electron chi connectivity index (χ0n) is 19.6. The number of hydrogen-bond donors (Lipinski definition) is 0. The van der Waals surface area contributed by atoms with Gasteiger partial charge in [0.25, 0.3) is 5.56 Å². The van der Waals surface area contributed by atoms with Crippen molar-refractivity contribution in [2.75, 3.05) is 0 Å². The highest BCUT2D eigenvalue weighted by atomic mass is 16.1. The first kappa shape index (κ1) is 21.1. The van der Waals surface area contributed by atoms with Crippen LogP contribution < -0.4 is 5.56 Å². The van der Waals surface area contributed by atoms with Crippen molar-refractivity contribution in [1.82, 2.24) is 24.3 Å². The van der Waals surface area contributed by atoms with Gasteiger partial charge in [0.15, 0.2) is 17.5 Å². The standard InChI is InChI=1S/C31H19N5O/c37-31-25-19-23(15-16-26(25)32-30-24-14-8-7-9-20(24)17-18-36(30)31)29-34-27(21-10-3-1-4-11-21)33-28(35-29)22-12-5-2-6-13-22/h1-19H. The zero-order valence-corrected chi connectivity index (χ0v) is 19.6. The van der Waals surface area contributed by atoms with Gasteiger partial charge in [0.2, 0.25) is 0 Å². The molecule has 0 N–H and O–H groups in total. The third kappa shape index (κ3) is 3.63. The number of rotatable bonds is 3. The number of hydrogen-bond acceptors (Lipinski definition) is 5. The van der Waals surface area contributed by atoms with Crippen molar-refractivity contribution >= 4 is 27.3 Å². The van der Waals surface area contributed by atoms with Crippen LogP contribution in [0.15, 0.2) is 120 Å². The quantitative estimate of drug-likeness (QED) is 0.224. The molecule has 0 bridgehead atoms. The average molecular weight is 478 g/mol. The summed E-state index contributed by atoms with van der Waals surface area (Å²) in [6.45, 7) is 0. The predicted molar refractivity (Wildman–Crippen MR) is 146 cm³/mol. The molecule has 0 saturated carbocycles. The van der Waals surface area contributed by atoms with Crippen molar-refractivity contribution in [2.24, 2.45) is 0 Å². The van der Waals surface area contributed by atoms with Crippen molar-refractivity contribution in [3.63, 3.8) is 0 Å². The molecule has 0 radical (unpaired) electrons. The third-order valence-corrected chi connectivity index (χ3v) is 6.46. The van der Waals surface area contributed by atoms with Gasteiger partial charge < -0.3 is 0 Å². The summed E-state index contributed by atoms with van der Waals surface area (Å²) < 4.78 is 1.60. The molecule has 0 amide bonds. The lowest BCUT2D eigenvalue weighted by molar-refractivity contribution is 1.07. The normalized spacial score (nSPS) is 11.4. The molecule has 6 nitrogen and oxygen atoms in total. The molecule has 4 aromatic carbocycles. The van der Waals surface area contributed by atoms with Crippen LogP contribution >= 0.6 is 0 Å². The van der Waals surface area contributed by atoms with Gasteiger partial charge in [0.1, 0.15) is 5.65 Å². The van der Waals surface area contributed by atoms with E-state index < -0.39 is 0 Å². The van der Waals surface area contributed by atoms with Gasteiger partial charge >= 0.3 is 0 Å². The molecule has 0 aliphatic carbocycles. The molecule has 7 aromatic rings. The Bertz CT molecular complexity index is 1940. The minimum absolute atomic E-state index is 0.131. The molecule has 0 aliphatic heterocycles. The maximum atomic E-state index is 13.6. The van der Waals surface area contributed by atoms with Crippen molar-refractivity contribution in [2.45, 2.75) is 0 Å². The van der Waals surface area contributed by atoms with Crippen LogP contribution in [-0.4, -0.2) is 24.3 Å². The lowest BCUT2D eigenvalue weighted by Gasteiger charge is -2.10. The van der Waals surface area contributed by atoms with E-state index in [0.717, 1.165) is 27.5 Å². The molecule has 6 heteroatoms. The van der Waals surface area contributed by atoms with Gasteiger partial charge in [-0.1, -0.05) is 84.9 Å². The lowest BCUT2D eigenvalue weighted by atomic mass is 10.1. The predicted octanol–water partition coefficient (Wildman–Crippen LogP) is 6.19. The van der Waals surface area contributed by atoms with E-state index >= 15 is 0 Å². The third-order valence-electron chi connectivity index (χ3n) is 6.46. The second-order valence-electron chi connectivity index (χ2n) is 8.78. The summed E-state index contributed by atoms with van der Waals surface area (Å²) in [5, 5.41) is 2.48. The molecule has 0 fully saturated rings. The molecule has 0 aliphatic rings. The van der Waals surface area contributed by atoms with Crippen LogP contribution in [0.1, 0.15) is 0 Å². The van der Waals surface area contributed by atoms with E-state index in [-0.39, 0.29) is 5.56 Å². The van der Waals surface area contributed by atoms with Gasteiger partial charge in [-0.25, -0.2) is 19.9 Å². The van der Waals surface area contributed by atoms with Gasteiger partial charge in [0.05, 0.1) is 10.9 Å². The van der Waals surface area contributed by atoms with Crippen LogP contribution in [-0.2, 0) is 0 Å². The SMILES string of the molecule is O=c1c2cc(-c3nc(-c4ccccc4)nc(-c4ccccc4)n3)ccc2nc2c3ccccc3ccn12. The zero-order chi connectivity index (χ0) is 24.8. The van der Waals surface area contributed by atoms with Crippen LogP contribution in [0.5, 0.6) is 0 Å². The Morgan fingerprint density at radius 1 is 0.514 bits per heavy atom. The summed E-state index contributed by atoms with van der Waals surface area (Å²) >= 11 is 0. The molecule has 0 unspecified atom stereocenters. The average Bonchev–Trinajstić information content (AvgIpc) is 2.98. The second kappa shape index (κ2) is 8.46. The highest BCUT2D eigenvalue weighted by Crippen LogP contribution is 2.26. The maximum Gasteiger partial charge on any atom is 0.265 e. The van der Waals surface area contributed by atoms with Crippen LogP contribution in [0.25, 0.3) is 61.5 Å². The molecule has 37 heavy (non-hydrogen) atoms. The minimum Gasteiger partial charge on any atom is -0.268 e. The largest absolute Gasteiger partial charge is 0.268 e. The molecular weight excluding hydrogens is 458 g/mol. The Morgan fingerprint density at radius 3 is 1.78 bits per heavy atom. The van der Waals surface area contributed by atoms with Gasteiger partial charge in [0, 0.05) is 28.3 Å². The summed E-state index contributed by atoms with van der Waals surface area (Å²) in [5.41, 5.74) is 3.65. The molecule has 0 saturated heterocycles. The molecule has 174 valence electrons. The lowest BCUT2D eigenvalue weighted by Crippen LogP contribution is -2.15. The van der Waals surface area contributed by atoms with Crippen molar-refractivity contribution in [1.29, 1.82) is 0 Å². The first-order chi connectivity index (χ1) is 18.2. The van der Waals surface area contributed by atoms with E-state index in [2.05, 4.69) is 0 Å². The maximum absolute atomic E-state index is 13.6. The Labute approximate surface area is 211 Å². The highest BCUT2D eigenvalue weighted by Gasteiger charge is 2.14. The fourth-order valence-electron chi connectivity index (χ4n) is 4.60. The fourth-order valence-corrected chi connectivity index (χ4v) is 4.60. The van der Waals surface area contributed by atoms with E-state index in [1.54, 1.807) is 10.6 Å². The van der Waals surface area contributed by atoms with Crippen LogP contribution in [0.2, 0.25) is 0 Å². The molecule has 3 aromatic heterocycles. The van der Waals surface area contributed by atoms with Crippen LogP contribution in [0.4, 0.5) is 0 Å². The van der Waals surface area contributed by atoms with E-state index in [4.69, 9.17) is 19.9 Å². The summed E-state index contributed by atoms with van der Waals surface area (Å²) in [7, 11) is 0. The summed E-state index contributed by atoms with van der Waals surface area (Å²) in [5.74, 6) is 1.64. The topological polar surface area (TPSA) is 73.0 Å². The van der Waals surface area contributed by atoms with Crippen molar-refractivity contribution in [3.8, 4) is 34.2 Å². The van der Waals surface area contributed by atoms with Crippen LogP contribution in [0.3, 0.4) is 0 Å².